The summed E-state index contributed by atoms with van der Waals surface area (Å²) >= 11 is 1.64. The minimum atomic E-state index is -0.0524. The summed E-state index contributed by atoms with van der Waals surface area (Å²) in [4.78, 5) is 34.4. The molecule has 6 nitrogen and oxygen atoms in total. The third-order valence-electron chi connectivity index (χ3n) is 4.82. The maximum Gasteiger partial charge on any atom is 0.237 e. The summed E-state index contributed by atoms with van der Waals surface area (Å²) in [6.45, 7) is 6.87. The molecule has 25 heavy (non-hydrogen) atoms. The number of benzene rings is 1. The standard InChI is InChI=1S/C18H24N4O2S/c1-13(18-19-15-6-4-5-7-16(15)25-18)20(3)17(24)12-21-8-10-22(11-9-21)14(2)23/h4-7,13H,8-12H2,1-3H3/t13-/m1/s1. The Hall–Kier alpha value is -1.99. The number of likely N-dealkylation sites (N-methyl/N-ethyl adjacent to an activating group) is 1. The van der Waals surface area contributed by atoms with E-state index in [9.17, 15) is 9.59 Å². The molecule has 0 N–H and O–H groups in total. The van der Waals surface area contributed by atoms with Gasteiger partial charge in [-0.3, -0.25) is 14.5 Å². The first kappa shape index (κ1) is 17.8. The molecule has 0 radical (unpaired) electrons. The van der Waals surface area contributed by atoms with Crippen molar-refractivity contribution in [1.29, 1.82) is 0 Å². The SMILES string of the molecule is CC(=O)N1CCN(CC(=O)N(C)[C@H](C)c2nc3ccccc3s2)CC1. The summed E-state index contributed by atoms with van der Waals surface area (Å²) in [5, 5.41) is 0.957. The van der Waals surface area contributed by atoms with Gasteiger partial charge >= 0.3 is 0 Å². The monoisotopic (exact) mass is 360 g/mol. The predicted molar refractivity (Wildman–Crippen MR) is 99.5 cm³/mol. The van der Waals surface area contributed by atoms with Crippen LogP contribution < -0.4 is 0 Å². The molecule has 0 spiro atoms. The number of nitrogens with zero attached hydrogens (tertiary/aromatic N) is 4. The van der Waals surface area contributed by atoms with Crippen molar-refractivity contribution in [3.8, 4) is 0 Å². The van der Waals surface area contributed by atoms with Gasteiger partial charge in [-0.15, -0.1) is 11.3 Å². The third-order valence-corrected chi connectivity index (χ3v) is 6.03. The molecule has 0 unspecified atom stereocenters. The number of amides is 2. The molecule has 2 amide bonds. The first-order chi connectivity index (χ1) is 12.0. The van der Waals surface area contributed by atoms with Crippen LogP contribution in [-0.2, 0) is 9.59 Å². The smallest absolute Gasteiger partial charge is 0.237 e. The summed E-state index contributed by atoms with van der Waals surface area (Å²) in [7, 11) is 1.84. The zero-order chi connectivity index (χ0) is 18.0. The van der Waals surface area contributed by atoms with Crippen molar-refractivity contribution in [3.63, 3.8) is 0 Å². The fourth-order valence-corrected chi connectivity index (χ4v) is 4.04. The molecule has 0 saturated carbocycles. The molecule has 1 saturated heterocycles. The van der Waals surface area contributed by atoms with Crippen molar-refractivity contribution < 1.29 is 9.59 Å². The van der Waals surface area contributed by atoms with Gasteiger partial charge in [0, 0.05) is 40.2 Å². The minimum absolute atomic E-state index is 0.0524. The van der Waals surface area contributed by atoms with Gasteiger partial charge in [-0.2, -0.15) is 0 Å². The second-order valence-electron chi connectivity index (χ2n) is 6.48. The zero-order valence-corrected chi connectivity index (χ0v) is 15.8. The highest BCUT2D eigenvalue weighted by Crippen LogP contribution is 2.28. The number of fused-ring (bicyclic) bond motifs is 1. The molecule has 0 aliphatic carbocycles. The van der Waals surface area contributed by atoms with Crippen molar-refractivity contribution in [2.45, 2.75) is 19.9 Å². The van der Waals surface area contributed by atoms with Gasteiger partial charge in [0.2, 0.25) is 11.8 Å². The maximum absolute atomic E-state index is 12.6. The van der Waals surface area contributed by atoms with Gasteiger partial charge in [0.15, 0.2) is 0 Å². The van der Waals surface area contributed by atoms with Crippen LogP contribution in [0, 0.1) is 0 Å². The topological polar surface area (TPSA) is 56.8 Å². The van der Waals surface area contributed by atoms with Gasteiger partial charge < -0.3 is 9.80 Å². The average Bonchev–Trinajstić information content (AvgIpc) is 3.05. The molecule has 1 aliphatic rings. The Bertz CT molecular complexity index is 734. The van der Waals surface area contributed by atoms with E-state index in [4.69, 9.17) is 0 Å². The molecule has 7 heteroatoms. The highest BCUT2D eigenvalue weighted by Gasteiger charge is 2.25. The molecule has 2 heterocycles. The molecular formula is C18H24N4O2S. The van der Waals surface area contributed by atoms with Crippen molar-refractivity contribution in [3.05, 3.63) is 29.3 Å². The lowest BCUT2D eigenvalue weighted by atomic mass is 10.2. The predicted octanol–water partition coefficient (Wildman–Crippen LogP) is 1.98. The number of piperazine rings is 1. The molecule has 134 valence electrons. The number of rotatable bonds is 4. The van der Waals surface area contributed by atoms with E-state index >= 15 is 0 Å². The first-order valence-electron chi connectivity index (χ1n) is 8.54. The van der Waals surface area contributed by atoms with E-state index in [0.717, 1.165) is 28.3 Å². The Morgan fingerprint density at radius 3 is 2.56 bits per heavy atom. The summed E-state index contributed by atoms with van der Waals surface area (Å²) in [5.74, 6) is 0.190. The Balaban J connectivity index is 1.59. The van der Waals surface area contributed by atoms with E-state index in [1.54, 1.807) is 23.2 Å². The van der Waals surface area contributed by atoms with Crippen LogP contribution in [0.5, 0.6) is 0 Å². The second-order valence-corrected chi connectivity index (χ2v) is 7.54. The van der Waals surface area contributed by atoms with Crippen LogP contribution in [0.1, 0.15) is 24.9 Å². The highest BCUT2D eigenvalue weighted by atomic mass is 32.1. The van der Waals surface area contributed by atoms with E-state index < -0.39 is 0 Å². The lowest BCUT2D eigenvalue weighted by Gasteiger charge is -2.35. The van der Waals surface area contributed by atoms with Crippen LogP contribution in [0.3, 0.4) is 0 Å². The number of para-hydroxylation sites is 1. The van der Waals surface area contributed by atoms with E-state index in [1.165, 1.54) is 0 Å². The molecule has 1 fully saturated rings. The van der Waals surface area contributed by atoms with Gasteiger partial charge in [-0.1, -0.05) is 12.1 Å². The average molecular weight is 360 g/mol. The Morgan fingerprint density at radius 1 is 1.24 bits per heavy atom. The summed E-state index contributed by atoms with van der Waals surface area (Å²) in [5.41, 5.74) is 0.982. The molecule has 1 atom stereocenters. The molecule has 0 bridgehead atoms. The number of hydrogen-bond donors (Lipinski definition) is 0. The second kappa shape index (κ2) is 7.49. The number of carbonyl (C=O) groups excluding carboxylic acids is 2. The fourth-order valence-electron chi connectivity index (χ4n) is 2.97. The Labute approximate surface area is 152 Å². The molecular weight excluding hydrogens is 336 g/mol. The molecule has 1 aromatic heterocycles. The van der Waals surface area contributed by atoms with Gasteiger partial charge in [0.1, 0.15) is 5.01 Å². The minimum Gasteiger partial charge on any atom is -0.340 e. The molecule has 3 rings (SSSR count). The number of hydrogen-bond acceptors (Lipinski definition) is 5. The maximum atomic E-state index is 12.6. The van der Waals surface area contributed by atoms with Gasteiger partial charge in [0.25, 0.3) is 0 Å². The van der Waals surface area contributed by atoms with Crippen LogP contribution >= 0.6 is 11.3 Å². The highest BCUT2D eigenvalue weighted by molar-refractivity contribution is 7.18. The zero-order valence-electron chi connectivity index (χ0n) is 14.9. The first-order valence-corrected chi connectivity index (χ1v) is 9.36. The summed E-state index contributed by atoms with van der Waals surface area (Å²) in [6, 6.07) is 7.98. The lowest BCUT2D eigenvalue weighted by molar-refractivity contribution is -0.134. The van der Waals surface area contributed by atoms with E-state index in [0.29, 0.717) is 19.6 Å². The molecule has 2 aromatic rings. The summed E-state index contributed by atoms with van der Waals surface area (Å²) < 4.78 is 1.14. The van der Waals surface area contributed by atoms with Crippen LogP contribution in [0.4, 0.5) is 0 Å². The van der Waals surface area contributed by atoms with Crippen LogP contribution in [0.2, 0.25) is 0 Å². The van der Waals surface area contributed by atoms with Crippen LogP contribution in [0.25, 0.3) is 10.2 Å². The summed E-state index contributed by atoms with van der Waals surface area (Å²) in [6.07, 6.45) is 0. The quantitative estimate of drug-likeness (QED) is 0.837. The molecule has 1 aliphatic heterocycles. The number of thiazole rings is 1. The Morgan fingerprint density at radius 2 is 1.92 bits per heavy atom. The normalized spacial score (nSPS) is 16.8. The Kier molecular flexibility index (Phi) is 5.34. The fraction of sp³-hybridized carbons (Fsp3) is 0.500. The van der Waals surface area contributed by atoms with Crippen molar-refractivity contribution in [2.75, 3.05) is 39.8 Å². The van der Waals surface area contributed by atoms with E-state index in [1.807, 2.05) is 37.1 Å². The van der Waals surface area contributed by atoms with Crippen molar-refractivity contribution in [2.24, 2.45) is 0 Å². The van der Waals surface area contributed by atoms with Gasteiger partial charge in [-0.25, -0.2) is 4.98 Å². The van der Waals surface area contributed by atoms with Crippen molar-refractivity contribution in [1.82, 2.24) is 19.7 Å². The van der Waals surface area contributed by atoms with E-state index in [2.05, 4.69) is 16.0 Å². The third kappa shape index (κ3) is 3.99. The van der Waals surface area contributed by atoms with Gasteiger partial charge in [0.05, 0.1) is 22.8 Å². The van der Waals surface area contributed by atoms with Crippen LogP contribution in [0.15, 0.2) is 24.3 Å². The van der Waals surface area contributed by atoms with Gasteiger partial charge in [-0.05, 0) is 19.1 Å². The van der Waals surface area contributed by atoms with E-state index in [-0.39, 0.29) is 17.9 Å². The molecule has 1 aromatic carbocycles. The number of carbonyl (C=O) groups is 2. The van der Waals surface area contributed by atoms with Crippen molar-refractivity contribution >= 4 is 33.4 Å². The lowest BCUT2D eigenvalue weighted by Crippen LogP contribution is -2.50. The largest absolute Gasteiger partial charge is 0.340 e. The number of aromatic nitrogens is 1. The van der Waals surface area contributed by atoms with Crippen LogP contribution in [-0.4, -0.2) is 71.3 Å².